The molecule has 21 heavy (non-hydrogen) atoms. The van der Waals surface area contributed by atoms with E-state index >= 15 is 0 Å². The molecule has 3 N–H and O–H groups in total. The van der Waals surface area contributed by atoms with E-state index in [1.165, 1.54) is 25.3 Å². The first-order valence-corrected chi connectivity index (χ1v) is 7.80. The zero-order valence-corrected chi connectivity index (χ0v) is 12.4. The SMILES string of the molecule is COc1ccc(S(=O)(=O)NCCc2cnc[nH]2)cc1CO. The van der Waals surface area contributed by atoms with E-state index in [1.54, 1.807) is 12.5 Å². The summed E-state index contributed by atoms with van der Waals surface area (Å²) in [4.78, 5) is 6.86. The Morgan fingerprint density at radius 3 is 2.86 bits per heavy atom. The van der Waals surface area contributed by atoms with Gasteiger partial charge in [-0.05, 0) is 18.2 Å². The Kier molecular flexibility index (Phi) is 4.94. The summed E-state index contributed by atoms with van der Waals surface area (Å²) in [5.74, 6) is 0.453. The molecule has 1 aromatic heterocycles. The topological polar surface area (TPSA) is 104 Å². The van der Waals surface area contributed by atoms with Crippen LogP contribution in [0.2, 0.25) is 0 Å². The number of aliphatic hydroxyl groups is 1. The van der Waals surface area contributed by atoms with Gasteiger partial charge in [-0.15, -0.1) is 0 Å². The van der Waals surface area contributed by atoms with Gasteiger partial charge in [0.2, 0.25) is 10.0 Å². The third kappa shape index (κ3) is 3.81. The van der Waals surface area contributed by atoms with Gasteiger partial charge in [0.1, 0.15) is 5.75 Å². The van der Waals surface area contributed by atoms with Crippen molar-refractivity contribution in [2.24, 2.45) is 0 Å². The van der Waals surface area contributed by atoms with Crippen LogP contribution in [0.15, 0.2) is 35.6 Å². The van der Waals surface area contributed by atoms with E-state index in [0.29, 0.717) is 17.7 Å². The molecule has 0 saturated heterocycles. The van der Waals surface area contributed by atoms with Gasteiger partial charge in [-0.25, -0.2) is 18.1 Å². The lowest BCUT2D eigenvalue weighted by atomic mass is 10.2. The molecule has 0 spiro atoms. The van der Waals surface area contributed by atoms with E-state index in [-0.39, 0.29) is 18.0 Å². The minimum atomic E-state index is -3.62. The lowest BCUT2D eigenvalue weighted by Crippen LogP contribution is -2.26. The number of H-pyrrole nitrogens is 1. The van der Waals surface area contributed by atoms with Crippen LogP contribution in [0.1, 0.15) is 11.3 Å². The molecule has 2 aromatic rings. The molecule has 114 valence electrons. The first kappa shape index (κ1) is 15.5. The number of aromatic amines is 1. The molecule has 0 fully saturated rings. The summed E-state index contributed by atoms with van der Waals surface area (Å²) in [6.07, 6.45) is 3.70. The predicted octanol–water partition coefficient (Wildman–Crippen LogP) is 0.432. The largest absolute Gasteiger partial charge is 0.496 e. The lowest BCUT2D eigenvalue weighted by molar-refractivity contribution is 0.273. The molecule has 0 aliphatic rings. The molecule has 0 bridgehead atoms. The number of sulfonamides is 1. The summed E-state index contributed by atoms with van der Waals surface area (Å²) in [6.45, 7) is -0.0360. The van der Waals surface area contributed by atoms with Crippen molar-refractivity contribution in [3.8, 4) is 5.75 Å². The van der Waals surface area contributed by atoms with Crippen LogP contribution in [0.3, 0.4) is 0 Å². The van der Waals surface area contributed by atoms with Gasteiger partial charge < -0.3 is 14.8 Å². The van der Waals surface area contributed by atoms with Gasteiger partial charge in [0.15, 0.2) is 0 Å². The van der Waals surface area contributed by atoms with Crippen LogP contribution in [0, 0.1) is 0 Å². The van der Waals surface area contributed by atoms with E-state index in [0.717, 1.165) is 5.69 Å². The molecule has 8 heteroatoms. The van der Waals surface area contributed by atoms with Crippen molar-refractivity contribution < 1.29 is 18.3 Å². The van der Waals surface area contributed by atoms with Gasteiger partial charge in [0.05, 0.1) is 24.9 Å². The summed E-state index contributed by atoms with van der Waals surface area (Å²) >= 11 is 0. The maximum Gasteiger partial charge on any atom is 0.240 e. The molecule has 0 saturated carbocycles. The summed E-state index contributed by atoms with van der Waals surface area (Å²) in [7, 11) is -2.16. The Labute approximate surface area is 123 Å². The fraction of sp³-hybridized carbons (Fsp3) is 0.308. The average molecular weight is 311 g/mol. The van der Waals surface area contributed by atoms with Gasteiger partial charge in [-0.2, -0.15) is 0 Å². The lowest BCUT2D eigenvalue weighted by Gasteiger charge is -2.10. The van der Waals surface area contributed by atoms with Gasteiger partial charge in [-0.1, -0.05) is 0 Å². The molecule has 7 nitrogen and oxygen atoms in total. The molecular weight excluding hydrogens is 294 g/mol. The number of benzene rings is 1. The molecule has 0 amide bonds. The van der Waals surface area contributed by atoms with Crippen molar-refractivity contribution in [2.75, 3.05) is 13.7 Å². The zero-order chi connectivity index (χ0) is 15.3. The van der Waals surface area contributed by atoms with Gasteiger partial charge >= 0.3 is 0 Å². The Morgan fingerprint density at radius 2 is 2.24 bits per heavy atom. The number of hydrogen-bond donors (Lipinski definition) is 3. The highest BCUT2D eigenvalue weighted by molar-refractivity contribution is 7.89. The first-order chi connectivity index (χ1) is 10.1. The molecule has 2 rings (SSSR count). The number of imidazole rings is 1. The second-order valence-electron chi connectivity index (χ2n) is 4.36. The number of aliphatic hydroxyl groups excluding tert-OH is 1. The van der Waals surface area contributed by atoms with E-state index < -0.39 is 10.0 Å². The van der Waals surface area contributed by atoms with E-state index in [9.17, 15) is 13.5 Å². The summed E-state index contributed by atoms with van der Waals surface area (Å²) in [6, 6.07) is 4.36. The normalized spacial score (nSPS) is 11.5. The smallest absolute Gasteiger partial charge is 0.240 e. The van der Waals surface area contributed by atoms with Gasteiger partial charge in [0.25, 0.3) is 0 Å². The minimum Gasteiger partial charge on any atom is -0.496 e. The van der Waals surface area contributed by atoms with E-state index in [4.69, 9.17) is 4.74 Å². The Morgan fingerprint density at radius 1 is 1.43 bits per heavy atom. The van der Waals surface area contributed by atoms with Crippen molar-refractivity contribution >= 4 is 10.0 Å². The monoisotopic (exact) mass is 311 g/mol. The van der Waals surface area contributed by atoms with Crippen LogP contribution in [0.5, 0.6) is 5.75 Å². The van der Waals surface area contributed by atoms with Crippen LogP contribution >= 0.6 is 0 Å². The van der Waals surface area contributed by atoms with Crippen molar-refractivity contribution in [1.82, 2.24) is 14.7 Å². The fourth-order valence-corrected chi connectivity index (χ4v) is 2.95. The second kappa shape index (κ2) is 6.70. The Bertz CT molecular complexity index is 683. The standard InChI is InChI=1S/C13H17N3O4S/c1-20-13-3-2-12(6-10(13)8-17)21(18,19)16-5-4-11-7-14-9-15-11/h2-3,6-7,9,16-17H,4-5,8H2,1H3,(H,14,15). The molecule has 0 unspecified atom stereocenters. The minimum absolute atomic E-state index is 0.0944. The number of ether oxygens (including phenoxy) is 1. The Hall–Kier alpha value is -1.90. The summed E-state index contributed by atoms with van der Waals surface area (Å²) in [5.41, 5.74) is 1.28. The Balaban J connectivity index is 2.08. The highest BCUT2D eigenvalue weighted by Gasteiger charge is 2.15. The van der Waals surface area contributed by atoms with E-state index in [2.05, 4.69) is 14.7 Å². The number of aromatic nitrogens is 2. The molecule has 0 aliphatic carbocycles. The number of methoxy groups -OCH3 is 1. The number of nitrogens with one attached hydrogen (secondary N) is 2. The highest BCUT2D eigenvalue weighted by atomic mass is 32.2. The molecule has 0 atom stereocenters. The quantitative estimate of drug-likeness (QED) is 0.688. The molecule has 1 aromatic carbocycles. The fourth-order valence-electron chi connectivity index (χ4n) is 1.87. The predicted molar refractivity (Wildman–Crippen MR) is 76.4 cm³/mol. The summed E-state index contributed by atoms with van der Waals surface area (Å²) < 4.78 is 31.9. The van der Waals surface area contributed by atoms with Crippen LogP contribution in [0.4, 0.5) is 0 Å². The van der Waals surface area contributed by atoms with Gasteiger partial charge in [0, 0.05) is 30.4 Å². The number of hydrogen-bond acceptors (Lipinski definition) is 5. The number of nitrogens with zero attached hydrogens (tertiary/aromatic N) is 1. The van der Waals surface area contributed by atoms with Crippen molar-refractivity contribution in [3.05, 3.63) is 42.0 Å². The molecule has 1 heterocycles. The maximum atomic E-state index is 12.2. The highest BCUT2D eigenvalue weighted by Crippen LogP contribution is 2.22. The second-order valence-corrected chi connectivity index (χ2v) is 6.12. The van der Waals surface area contributed by atoms with Crippen LogP contribution in [-0.2, 0) is 23.1 Å². The van der Waals surface area contributed by atoms with Gasteiger partial charge in [-0.3, -0.25) is 0 Å². The average Bonchev–Trinajstić information content (AvgIpc) is 2.99. The van der Waals surface area contributed by atoms with E-state index in [1.807, 2.05) is 0 Å². The van der Waals surface area contributed by atoms with Crippen LogP contribution < -0.4 is 9.46 Å². The third-order valence-corrected chi connectivity index (χ3v) is 4.43. The van der Waals surface area contributed by atoms with Crippen molar-refractivity contribution in [3.63, 3.8) is 0 Å². The first-order valence-electron chi connectivity index (χ1n) is 6.31. The third-order valence-electron chi connectivity index (χ3n) is 2.97. The summed E-state index contributed by atoms with van der Waals surface area (Å²) in [5, 5.41) is 9.23. The molecular formula is C13H17N3O4S. The molecule has 0 aliphatic heterocycles. The van der Waals surface area contributed by atoms with Crippen LogP contribution in [-0.4, -0.2) is 37.1 Å². The van der Waals surface area contributed by atoms with Crippen molar-refractivity contribution in [1.29, 1.82) is 0 Å². The molecule has 0 radical (unpaired) electrons. The number of rotatable bonds is 7. The zero-order valence-electron chi connectivity index (χ0n) is 11.5. The van der Waals surface area contributed by atoms with Crippen molar-refractivity contribution in [2.45, 2.75) is 17.9 Å². The maximum absolute atomic E-state index is 12.2. The van der Waals surface area contributed by atoms with Crippen LogP contribution in [0.25, 0.3) is 0 Å².